The van der Waals surface area contributed by atoms with Gasteiger partial charge in [-0.1, -0.05) is 19.8 Å². The minimum Gasteiger partial charge on any atom is -0.392 e. The minimum atomic E-state index is -0.334. The Labute approximate surface area is 135 Å². The van der Waals surface area contributed by atoms with Crippen molar-refractivity contribution in [2.75, 3.05) is 13.1 Å². The molecule has 0 aliphatic heterocycles. The lowest BCUT2D eigenvalue weighted by Gasteiger charge is -2.38. The van der Waals surface area contributed by atoms with Crippen molar-refractivity contribution in [3.05, 3.63) is 16.1 Å². The summed E-state index contributed by atoms with van der Waals surface area (Å²) in [6.45, 7) is 3.08. The van der Waals surface area contributed by atoms with Crippen LogP contribution in [0.25, 0.3) is 0 Å². The summed E-state index contributed by atoms with van der Waals surface area (Å²) in [4.78, 5) is 16.3. The van der Waals surface area contributed by atoms with E-state index < -0.39 is 0 Å². The molecule has 2 rings (SSSR count). The number of carbonyl (C=O) groups is 1. The summed E-state index contributed by atoms with van der Waals surface area (Å²) < 4.78 is 0. The van der Waals surface area contributed by atoms with Gasteiger partial charge in [0.05, 0.1) is 11.1 Å². The molecule has 0 saturated heterocycles. The zero-order chi connectivity index (χ0) is 14.6. The maximum atomic E-state index is 12.1. The van der Waals surface area contributed by atoms with E-state index in [1.54, 1.807) is 5.38 Å². The van der Waals surface area contributed by atoms with E-state index in [1.807, 2.05) is 6.92 Å². The van der Waals surface area contributed by atoms with Crippen molar-refractivity contribution in [1.82, 2.24) is 10.3 Å². The third-order valence-electron chi connectivity index (χ3n) is 4.08. The Morgan fingerprint density at radius 3 is 3.05 bits per heavy atom. The Bertz CT molecular complexity index is 469. The number of thiazole rings is 1. The Kier molecular flexibility index (Phi) is 7.06. The van der Waals surface area contributed by atoms with Gasteiger partial charge >= 0.3 is 0 Å². The molecular formula is C14H24ClN3O2S. The van der Waals surface area contributed by atoms with Crippen LogP contribution in [0.1, 0.15) is 48.1 Å². The first-order chi connectivity index (χ1) is 9.55. The van der Waals surface area contributed by atoms with Gasteiger partial charge in [0.1, 0.15) is 5.69 Å². The molecule has 0 bridgehead atoms. The van der Waals surface area contributed by atoms with Crippen molar-refractivity contribution in [2.24, 2.45) is 11.1 Å². The largest absolute Gasteiger partial charge is 0.392 e. The van der Waals surface area contributed by atoms with Crippen LogP contribution in [0.4, 0.5) is 0 Å². The van der Waals surface area contributed by atoms with E-state index in [9.17, 15) is 9.90 Å². The molecule has 1 aliphatic rings. The highest BCUT2D eigenvalue weighted by Crippen LogP contribution is 2.35. The molecule has 2 atom stereocenters. The number of halogens is 1. The van der Waals surface area contributed by atoms with Crippen LogP contribution in [0, 0.1) is 5.41 Å². The Balaban J connectivity index is 0.00000220. The summed E-state index contributed by atoms with van der Waals surface area (Å²) in [6, 6.07) is 0. The van der Waals surface area contributed by atoms with Crippen molar-refractivity contribution in [2.45, 2.75) is 45.1 Å². The molecule has 0 aromatic carbocycles. The van der Waals surface area contributed by atoms with Gasteiger partial charge in [-0.05, 0) is 19.4 Å². The van der Waals surface area contributed by atoms with Crippen molar-refractivity contribution in [3.8, 4) is 0 Å². The summed E-state index contributed by atoms with van der Waals surface area (Å²) in [5, 5.41) is 15.7. The van der Waals surface area contributed by atoms with Gasteiger partial charge in [-0.2, -0.15) is 0 Å². The number of hydrogen-bond acceptors (Lipinski definition) is 5. The fourth-order valence-electron chi connectivity index (χ4n) is 2.61. The van der Waals surface area contributed by atoms with Gasteiger partial charge in [0.15, 0.2) is 0 Å². The molecule has 120 valence electrons. The highest BCUT2D eigenvalue weighted by molar-refractivity contribution is 7.09. The van der Waals surface area contributed by atoms with E-state index in [2.05, 4.69) is 10.3 Å². The number of carbonyl (C=O) groups excluding carboxylic acids is 1. The molecule has 1 fully saturated rings. The topological polar surface area (TPSA) is 88.2 Å². The molecule has 2 unspecified atom stereocenters. The summed E-state index contributed by atoms with van der Waals surface area (Å²) in [5.41, 5.74) is 5.71. The van der Waals surface area contributed by atoms with E-state index in [1.165, 1.54) is 11.3 Å². The van der Waals surface area contributed by atoms with Crippen molar-refractivity contribution in [1.29, 1.82) is 0 Å². The summed E-state index contributed by atoms with van der Waals surface area (Å²) in [5.74, 6) is -0.163. The lowest BCUT2D eigenvalue weighted by Crippen LogP contribution is -2.45. The molecule has 0 spiro atoms. The van der Waals surface area contributed by atoms with Crippen LogP contribution in [0.3, 0.4) is 0 Å². The van der Waals surface area contributed by atoms with E-state index in [4.69, 9.17) is 5.73 Å². The molecule has 1 aromatic rings. The number of aliphatic hydroxyl groups excluding tert-OH is 1. The molecule has 7 heteroatoms. The predicted octanol–water partition coefficient (Wildman–Crippen LogP) is 1.74. The van der Waals surface area contributed by atoms with Gasteiger partial charge in [-0.25, -0.2) is 4.98 Å². The monoisotopic (exact) mass is 333 g/mol. The molecule has 1 amide bonds. The molecule has 4 N–H and O–H groups in total. The zero-order valence-corrected chi connectivity index (χ0v) is 13.9. The quantitative estimate of drug-likeness (QED) is 0.765. The highest BCUT2D eigenvalue weighted by atomic mass is 35.5. The first-order valence-electron chi connectivity index (χ1n) is 7.16. The van der Waals surface area contributed by atoms with Gasteiger partial charge in [0.25, 0.3) is 5.91 Å². The summed E-state index contributed by atoms with van der Waals surface area (Å²) in [6.07, 6.45) is 4.32. The highest BCUT2D eigenvalue weighted by Gasteiger charge is 2.35. The van der Waals surface area contributed by atoms with Gasteiger partial charge in [-0.3, -0.25) is 4.79 Å². The number of aliphatic hydroxyl groups is 1. The molecule has 1 heterocycles. The summed E-state index contributed by atoms with van der Waals surface area (Å²) >= 11 is 1.46. The lowest BCUT2D eigenvalue weighted by atomic mass is 9.73. The van der Waals surface area contributed by atoms with E-state index in [0.29, 0.717) is 25.2 Å². The predicted molar refractivity (Wildman–Crippen MR) is 87.0 cm³/mol. The van der Waals surface area contributed by atoms with Crippen molar-refractivity contribution >= 4 is 29.7 Å². The van der Waals surface area contributed by atoms with E-state index in [0.717, 1.165) is 30.7 Å². The summed E-state index contributed by atoms with van der Waals surface area (Å²) in [7, 11) is 0. The second-order valence-corrected chi connectivity index (χ2v) is 6.71. The molecule has 0 radical (unpaired) electrons. The number of aromatic nitrogens is 1. The number of amides is 1. The average Bonchev–Trinajstić information content (AvgIpc) is 2.89. The molecular weight excluding hydrogens is 310 g/mol. The van der Waals surface area contributed by atoms with Crippen molar-refractivity contribution in [3.63, 3.8) is 0 Å². The van der Waals surface area contributed by atoms with Gasteiger partial charge < -0.3 is 16.2 Å². The van der Waals surface area contributed by atoms with Crippen molar-refractivity contribution < 1.29 is 9.90 Å². The molecule has 1 aliphatic carbocycles. The second kappa shape index (κ2) is 8.08. The van der Waals surface area contributed by atoms with Crippen LogP contribution in [0.5, 0.6) is 0 Å². The first-order valence-corrected chi connectivity index (χ1v) is 8.04. The standard InChI is InChI=1S/C14H23N3O2S.ClH/c1-14(6-3-2-4-11(14)18)9-16-13(19)10-8-20-12(17-10)5-7-15;/h8,11,18H,2-7,9,15H2,1H3,(H,16,19);1H. The smallest absolute Gasteiger partial charge is 0.270 e. The number of nitrogens with two attached hydrogens (primary N) is 1. The third-order valence-corrected chi connectivity index (χ3v) is 4.98. The van der Waals surface area contributed by atoms with E-state index in [-0.39, 0.29) is 29.8 Å². The Hall–Kier alpha value is -0.690. The maximum Gasteiger partial charge on any atom is 0.270 e. The zero-order valence-electron chi connectivity index (χ0n) is 12.3. The third kappa shape index (κ3) is 4.64. The molecule has 5 nitrogen and oxygen atoms in total. The number of rotatable bonds is 5. The SMILES string of the molecule is CC1(CNC(=O)c2csc(CCN)n2)CCCCC1O.Cl. The van der Waals surface area contributed by atoms with E-state index >= 15 is 0 Å². The van der Waals surface area contributed by atoms with Crippen LogP contribution < -0.4 is 11.1 Å². The van der Waals surface area contributed by atoms with Gasteiger partial charge in [0.2, 0.25) is 0 Å². The lowest BCUT2D eigenvalue weighted by molar-refractivity contribution is 0.00187. The van der Waals surface area contributed by atoms with Crippen LogP contribution in [-0.2, 0) is 6.42 Å². The van der Waals surface area contributed by atoms with Gasteiger partial charge in [0, 0.05) is 23.8 Å². The normalized spacial score (nSPS) is 25.2. The Morgan fingerprint density at radius 2 is 2.38 bits per heavy atom. The molecule has 21 heavy (non-hydrogen) atoms. The number of nitrogens with one attached hydrogen (secondary N) is 1. The minimum absolute atomic E-state index is 0. The van der Waals surface area contributed by atoms with Crippen LogP contribution in [-0.4, -0.2) is 35.2 Å². The van der Waals surface area contributed by atoms with Crippen LogP contribution >= 0.6 is 23.7 Å². The molecule has 1 aromatic heterocycles. The number of nitrogens with zero attached hydrogens (tertiary/aromatic N) is 1. The fraction of sp³-hybridized carbons (Fsp3) is 0.714. The average molecular weight is 334 g/mol. The number of hydrogen-bond donors (Lipinski definition) is 3. The second-order valence-electron chi connectivity index (χ2n) is 5.76. The van der Waals surface area contributed by atoms with Crippen LogP contribution in [0.2, 0.25) is 0 Å². The van der Waals surface area contributed by atoms with Gasteiger partial charge in [-0.15, -0.1) is 23.7 Å². The fourth-order valence-corrected chi connectivity index (χ4v) is 3.41. The molecule has 1 saturated carbocycles. The van der Waals surface area contributed by atoms with Crippen LogP contribution in [0.15, 0.2) is 5.38 Å². The first kappa shape index (κ1) is 18.4. The Morgan fingerprint density at radius 1 is 1.62 bits per heavy atom. The maximum absolute atomic E-state index is 12.1.